The molecule has 0 unspecified atom stereocenters. The van der Waals surface area contributed by atoms with E-state index >= 15 is 0 Å². The number of allylic oxidation sites excluding steroid dienone is 1. The van der Waals surface area contributed by atoms with E-state index in [-0.39, 0.29) is 17.1 Å². The molecule has 5 nitrogen and oxygen atoms in total. The van der Waals surface area contributed by atoms with Crippen LogP contribution in [0.3, 0.4) is 0 Å². The lowest BCUT2D eigenvalue weighted by Crippen LogP contribution is -2.15. The van der Waals surface area contributed by atoms with E-state index in [0.717, 1.165) is 20.9 Å². The summed E-state index contributed by atoms with van der Waals surface area (Å²) < 4.78 is 12.1. The number of aliphatic hydroxyl groups is 1. The third-order valence-corrected chi connectivity index (χ3v) is 5.86. The molecule has 0 atom stereocenters. The van der Waals surface area contributed by atoms with Crippen LogP contribution < -0.4 is 9.47 Å². The van der Waals surface area contributed by atoms with Crippen molar-refractivity contribution in [2.24, 2.45) is 0 Å². The van der Waals surface area contributed by atoms with Crippen molar-refractivity contribution < 1.29 is 14.6 Å². The molecule has 0 fully saturated rings. The molecule has 4 rings (SSSR count). The lowest BCUT2D eigenvalue weighted by Gasteiger charge is -2.18. The molecule has 0 saturated carbocycles. The Hall–Kier alpha value is -2.69. The predicted molar refractivity (Wildman–Crippen MR) is 103 cm³/mol. The van der Waals surface area contributed by atoms with Crippen LogP contribution in [-0.4, -0.2) is 29.1 Å². The van der Waals surface area contributed by atoms with Crippen LogP contribution >= 0.6 is 23.1 Å². The standard InChI is InChI=1S/C19H14N2O3S2/c20-10-13(19-21-14-3-1-2-4-18(14)26-19)15(22)11-25-12-5-6-16-17(9-12)24-8-7-23-16/h1-6,9,22H,7-8,11H2/b15-13-. The summed E-state index contributed by atoms with van der Waals surface area (Å²) in [5.74, 6) is 1.73. The van der Waals surface area contributed by atoms with Gasteiger partial charge in [-0.15, -0.1) is 23.1 Å². The van der Waals surface area contributed by atoms with Crippen LogP contribution in [0.15, 0.2) is 53.1 Å². The Kier molecular flexibility index (Phi) is 4.69. The first-order valence-electron chi connectivity index (χ1n) is 7.95. The van der Waals surface area contributed by atoms with Crippen LogP contribution in [0.5, 0.6) is 11.5 Å². The van der Waals surface area contributed by atoms with Gasteiger partial charge in [0.2, 0.25) is 0 Å². The fraction of sp³-hybridized carbons (Fsp3) is 0.158. The van der Waals surface area contributed by atoms with E-state index in [0.29, 0.717) is 24.0 Å². The monoisotopic (exact) mass is 382 g/mol. The van der Waals surface area contributed by atoms with Crippen molar-refractivity contribution in [2.75, 3.05) is 19.0 Å². The molecule has 26 heavy (non-hydrogen) atoms. The Morgan fingerprint density at radius 3 is 2.81 bits per heavy atom. The van der Waals surface area contributed by atoms with Crippen molar-refractivity contribution in [1.82, 2.24) is 4.98 Å². The van der Waals surface area contributed by atoms with Gasteiger partial charge in [0.15, 0.2) is 11.5 Å². The van der Waals surface area contributed by atoms with Gasteiger partial charge in [0.05, 0.1) is 16.0 Å². The molecule has 1 aliphatic heterocycles. The number of fused-ring (bicyclic) bond motifs is 2. The highest BCUT2D eigenvalue weighted by Crippen LogP contribution is 2.35. The van der Waals surface area contributed by atoms with Gasteiger partial charge in [0.1, 0.15) is 35.6 Å². The molecule has 1 aliphatic rings. The summed E-state index contributed by atoms with van der Waals surface area (Å²) in [7, 11) is 0. The third-order valence-electron chi connectivity index (χ3n) is 3.80. The highest BCUT2D eigenvalue weighted by atomic mass is 32.2. The van der Waals surface area contributed by atoms with Gasteiger partial charge in [-0.25, -0.2) is 4.98 Å². The fourth-order valence-electron chi connectivity index (χ4n) is 2.55. The molecular formula is C19H14N2O3S2. The van der Waals surface area contributed by atoms with Crippen LogP contribution in [-0.2, 0) is 0 Å². The first-order valence-corrected chi connectivity index (χ1v) is 9.75. The normalized spacial score (nSPS) is 14.0. The van der Waals surface area contributed by atoms with E-state index < -0.39 is 0 Å². The molecule has 1 aromatic heterocycles. The fourth-order valence-corrected chi connectivity index (χ4v) is 4.34. The van der Waals surface area contributed by atoms with E-state index in [1.807, 2.05) is 42.5 Å². The van der Waals surface area contributed by atoms with Gasteiger partial charge in [-0.3, -0.25) is 0 Å². The molecule has 0 amide bonds. The summed E-state index contributed by atoms with van der Waals surface area (Å²) in [5.41, 5.74) is 1.05. The van der Waals surface area contributed by atoms with E-state index in [1.54, 1.807) is 0 Å². The number of thiazole rings is 1. The molecular weight excluding hydrogens is 368 g/mol. The van der Waals surface area contributed by atoms with Gasteiger partial charge >= 0.3 is 0 Å². The van der Waals surface area contributed by atoms with Crippen molar-refractivity contribution in [3.8, 4) is 17.6 Å². The number of aliphatic hydroxyl groups excluding tert-OH is 1. The maximum absolute atomic E-state index is 10.4. The second-order valence-electron chi connectivity index (χ2n) is 5.51. The average Bonchev–Trinajstić information content (AvgIpc) is 3.10. The number of hydrogen-bond acceptors (Lipinski definition) is 7. The number of ether oxygens (including phenoxy) is 2. The second-order valence-corrected chi connectivity index (χ2v) is 7.59. The summed E-state index contributed by atoms with van der Waals surface area (Å²) in [5, 5.41) is 20.5. The smallest absolute Gasteiger partial charge is 0.162 e. The highest BCUT2D eigenvalue weighted by Gasteiger charge is 2.15. The summed E-state index contributed by atoms with van der Waals surface area (Å²) in [4.78, 5) is 5.38. The number of thioether (sulfide) groups is 1. The maximum Gasteiger partial charge on any atom is 0.162 e. The Morgan fingerprint density at radius 2 is 2.00 bits per heavy atom. The minimum atomic E-state index is 0.0199. The van der Waals surface area contributed by atoms with Crippen LogP contribution in [0.25, 0.3) is 15.8 Å². The molecule has 3 aromatic rings. The first-order chi connectivity index (χ1) is 12.7. The third kappa shape index (κ3) is 3.34. The Labute approximate surface area is 158 Å². The zero-order valence-electron chi connectivity index (χ0n) is 13.6. The lowest BCUT2D eigenvalue weighted by atomic mass is 10.2. The molecule has 0 aliphatic carbocycles. The van der Waals surface area contributed by atoms with Crippen molar-refractivity contribution in [3.63, 3.8) is 0 Å². The minimum Gasteiger partial charge on any atom is -0.510 e. The molecule has 0 radical (unpaired) electrons. The van der Waals surface area contributed by atoms with Gasteiger partial charge in [-0.1, -0.05) is 12.1 Å². The summed E-state index contributed by atoms with van der Waals surface area (Å²) >= 11 is 2.83. The molecule has 7 heteroatoms. The molecule has 0 spiro atoms. The SMILES string of the molecule is N#C/C(=C(/O)CSc1ccc2c(c1)OCCO2)c1nc2ccccc2s1. The largest absolute Gasteiger partial charge is 0.510 e. The van der Waals surface area contributed by atoms with Gasteiger partial charge < -0.3 is 14.6 Å². The maximum atomic E-state index is 10.4. The first kappa shape index (κ1) is 16.8. The molecule has 1 N–H and O–H groups in total. The van der Waals surface area contributed by atoms with E-state index in [4.69, 9.17) is 9.47 Å². The molecule has 0 saturated heterocycles. The topological polar surface area (TPSA) is 75.4 Å². The van der Waals surface area contributed by atoms with E-state index in [2.05, 4.69) is 11.1 Å². The number of nitriles is 1. The van der Waals surface area contributed by atoms with Crippen molar-refractivity contribution in [3.05, 3.63) is 53.2 Å². The number of hydrogen-bond donors (Lipinski definition) is 1. The van der Waals surface area contributed by atoms with Gasteiger partial charge in [-0.05, 0) is 30.3 Å². The Balaban J connectivity index is 1.55. The van der Waals surface area contributed by atoms with E-state index in [1.165, 1.54) is 23.1 Å². The van der Waals surface area contributed by atoms with Gasteiger partial charge in [0.25, 0.3) is 0 Å². The summed E-state index contributed by atoms with van der Waals surface area (Å²) in [6.07, 6.45) is 0. The minimum absolute atomic E-state index is 0.0199. The molecule has 2 aromatic carbocycles. The van der Waals surface area contributed by atoms with Gasteiger partial charge in [-0.2, -0.15) is 5.26 Å². The number of para-hydroxylation sites is 1. The van der Waals surface area contributed by atoms with Crippen LogP contribution in [0.4, 0.5) is 0 Å². The van der Waals surface area contributed by atoms with Gasteiger partial charge in [0, 0.05) is 4.90 Å². The zero-order valence-corrected chi connectivity index (χ0v) is 15.3. The number of aromatic nitrogens is 1. The van der Waals surface area contributed by atoms with Crippen LogP contribution in [0, 0.1) is 11.3 Å². The highest BCUT2D eigenvalue weighted by molar-refractivity contribution is 7.99. The van der Waals surface area contributed by atoms with E-state index in [9.17, 15) is 10.4 Å². The lowest BCUT2D eigenvalue weighted by molar-refractivity contribution is 0.171. The summed E-state index contributed by atoms with van der Waals surface area (Å²) in [6, 6.07) is 15.4. The number of rotatable bonds is 4. The van der Waals surface area contributed by atoms with Crippen molar-refractivity contribution in [2.45, 2.75) is 4.90 Å². The zero-order chi connectivity index (χ0) is 17.9. The quantitative estimate of drug-likeness (QED) is 0.402. The van der Waals surface area contributed by atoms with Crippen molar-refractivity contribution >= 4 is 38.9 Å². The second kappa shape index (κ2) is 7.28. The van der Waals surface area contributed by atoms with Crippen LogP contribution in [0.2, 0.25) is 0 Å². The predicted octanol–water partition coefficient (Wildman–Crippen LogP) is 4.65. The Bertz CT molecular complexity index is 1000. The Morgan fingerprint density at radius 1 is 1.19 bits per heavy atom. The molecule has 0 bridgehead atoms. The average molecular weight is 382 g/mol. The van der Waals surface area contributed by atoms with Crippen molar-refractivity contribution in [1.29, 1.82) is 5.26 Å². The van der Waals surface area contributed by atoms with Crippen LogP contribution in [0.1, 0.15) is 5.01 Å². The summed E-state index contributed by atoms with van der Waals surface area (Å²) in [6.45, 7) is 1.08. The molecule has 2 heterocycles. The number of benzene rings is 2. The molecule has 130 valence electrons. The number of nitrogens with zero attached hydrogens (tertiary/aromatic N) is 2.